The van der Waals surface area contributed by atoms with E-state index in [1.54, 1.807) is 13.0 Å². The van der Waals surface area contributed by atoms with Gasteiger partial charge in [-0.25, -0.2) is 9.78 Å². The van der Waals surface area contributed by atoms with Gasteiger partial charge in [0.05, 0.1) is 17.5 Å². The minimum absolute atomic E-state index is 0.0103. The molecule has 1 aromatic carbocycles. The SMILES string of the molecule is CNCCC1(CCC2CNC(=O)C2)Oc2c(cc3c(=O)cc(C)oc3c2-n2cc3cc[nH]c3c2)CC1OOCC(O)C(O)C(O)C(O)CO. The average Bonchev–Trinajstić information content (AvgIpc) is 3.81. The second kappa shape index (κ2) is 14.6. The summed E-state index contributed by atoms with van der Waals surface area (Å²) < 4.78 is 15.2. The zero-order valence-corrected chi connectivity index (χ0v) is 27.4. The van der Waals surface area contributed by atoms with Gasteiger partial charge in [-0.1, -0.05) is 0 Å². The molecule has 8 N–H and O–H groups in total. The van der Waals surface area contributed by atoms with Crippen molar-refractivity contribution in [3.8, 4) is 11.4 Å². The van der Waals surface area contributed by atoms with Gasteiger partial charge in [-0.05, 0) is 51.4 Å². The van der Waals surface area contributed by atoms with Crippen molar-refractivity contribution >= 4 is 27.8 Å². The largest absolute Gasteiger partial charge is 0.482 e. The van der Waals surface area contributed by atoms with Gasteiger partial charge in [0.15, 0.2) is 16.8 Å². The Morgan fingerprint density at radius 1 is 1.10 bits per heavy atom. The van der Waals surface area contributed by atoms with Crippen LogP contribution in [0.15, 0.2) is 46.0 Å². The standard InChI is InChI=1S/C34H44N4O11/c1-18-9-24(40)22-11-21-12-27(49-46-17-26(42)31(45)30(44)25(41)16-39)34(6-8-35-2,5-3-19-10-28(43)37-13-19)48-32(21)29(33(22)47-18)38-14-20-4-7-36-23(20)15-38/h4,7,9,11,14-15,19,25-27,30-31,35-36,39,41-42,44-45H,3,5-6,8,10,12-13,16-17H2,1-2H3,(H,37,43). The molecule has 5 heterocycles. The van der Waals surface area contributed by atoms with Crippen LogP contribution in [0.2, 0.25) is 0 Å². The fourth-order valence-electron chi connectivity index (χ4n) is 6.83. The first-order chi connectivity index (χ1) is 23.5. The van der Waals surface area contributed by atoms with Crippen LogP contribution >= 0.6 is 0 Å². The maximum atomic E-state index is 13.3. The van der Waals surface area contributed by atoms with Crippen molar-refractivity contribution < 1.29 is 49.3 Å². The summed E-state index contributed by atoms with van der Waals surface area (Å²) in [6.45, 7) is 1.39. The number of aromatic amines is 1. The van der Waals surface area contributed by atoms with E-state index in [4.69, 9.17) is 24.0 Å². The van der Waals surface area contributed by atoms with E-state index in [0.717, 1.165) is 10.9 Å². The van der Waals surface area contributed by atoms with Crippen molar-refractivity contribution in [3.05, 3.63) is 58.3 Å². The van der Waals surface area contributed by atoms with E-state index < -0.39 is 49.3 Å². The normalized spacial score (nSPS) is 23.3. The number of rotatable bonds is 15. The third kappa shape index (κ3) is 7.11. The van der Waals surface area contributed by atoms with E-state index in [1.807, 2.05) is 36.3 Å². The van der Waals surface area contributed by atoms with E-state index in [9.17, 15) is 30.0 Å². The molecule has 2 aliphatic heterocycles. The Bertz CT molecular complexity index is 1810. The van der Waals surface area contributed by atoms with Crippen molar-refractivity contribution in [1.29, 1.82) is 0 Å². The number of carbonyl (C=O) groups is 1. The molecule has 15 nitrogen and oxygen atoms in total. The third-order valence-electron chi connectivity index (χ3n) is 9.65. The van der Waals surface area contributed by atoms with Crippen molar-refractivity contribution in [2.75, 3.05) is 33.4 Å². The molecule has 6 rings (SSSR count). The first-order valence-corrected chi connectivity index (χ1v) is 16.5. The molecule has 0 spiro atoms. The second-order valence-electron chi connectivity index (χ2n) is 13.1. The van der Waals surface area contributed by atoms with Crippen LogP contribution in [0.4, 0.5) is 0 Å². The van der Waals surface area contributed by atoms with Gasteiger partial charge in [0, 0.05) is 61.4 Å². The Labute approximate surface area is 281 Å². The Morgan fingerprint density at radius 3 is 2.61 bits per heavy atom. The highest BCUT2D eigenvalue weighted by Gasteiger charge is 2.48. The number of hydrogen-bond acceptors (Lipinski definition) is 12. The summed E-state index contributed by atoms with van der Waals surface area (Å²) in [5.74, 6) is 1.01. The Morgan fingerprint density at radius 2 is 1.90 bits per heavy atom. The van der Waals surface area contributed by atoms with Crippen molar-refractivity contribution in [2.24, 2.45) is 5.92 Å². The molecule has 266 valence electrons. The van der Waals surface area contributed by atoms with E-state index in [0.29, 0.717) is 72.5 Å². The van der Waals surface area contributed by atoms with Gasteiger partial charge in [-0.15, -0.1) is 0 Å². The molecule has 0 bridgehead atoms. The van der Waals surface area contributed by atoms with Gasteiger partial charge in [-0.2, -0.15) is 0 Å². The molecule has 49 heavy (non-hydrogen) atoms. The van der Waals surface area contributed by atoms with Gasteiger partial charge >= 0.3 is 0 Å². The molecular weight excluding hydrogens is 640 g/mol. The zero-order chi connectivity index (χ0) is 34.9. The summed E-state index contributed by atoms with van der Waals surface area (Å²) in [7, 11) is 1.82. The van der Waals surface area contributed by atoms with E-state index in [2.05, 4.69) is 15.6 Å². The highest BCUT2D eigenvalue weighted by molar-refractivity contribution is 5.91. The second-order valence-corrected chi connectivity index (χ2v) is 13.1. The number of nitrogens with one attached hydrogen (secondary N) is 3. The van der Waals surface area contributed by atoms with Crippen LogP contribution < -0.4 is 20.8 Å². The van der Waals surface area contributed by atoms with Gasteiger partial charge in [0.1, 0.15) is 54.2 Å². The first-order valence-electron chi connectivity index (χ1n) is 16.5. The molecule has 1 saturated heterocycles. The number of benzene rings is 1. The Balaban J connectivity index is 1.41. The number of carbonyl (C=O) groups excluding carboxylic acids is 1. The lowest BCUT2D eigenvalue weighted by Crippen LogP contribution is -2.55. The van der Waals surface area contributed by atoms with Crippen LogP contribution in [0.5, 0.6) is 5.75 Å². The van der Waals surface area contributed by atoms with Crippen LogP contribution in [0.1, 0.15) is 37.0 Å². The monoisotopic (exact) mass is 684 g/mol. The number of H-pyrrole nitrogens is 1. The number of amides is 1. The minimum Gasteiger partial charge on any atom is -0.482 e. The molecule has 1 fully saturated rings. The van der Waals surface area contributed by atoms with Gasteiger partial charge in [0.25, 0.3) is 0 Å². The number of aryl methyl sites for hydroxylation is 1. The molecule has 15 heteroatoms. The molecule has 0 radical (unpaired) electrons. The molecule has 0 aliphatic carbocycles. The lowest BCUT2D eigenvalue weighted by molar-refractivity contribution is -0.362. The Hall–Kier alpha value is -3.80. The van der Waals surface area contributed by atoms with Gasteiger partial charge in [0.2, 0.25) is 5.91 Å². The van der Waals surface area contributed by atoms with Gasteiger partial charge < -0.3 is 54.9 Å². The van der Waals surface area contributed by atoms with Crippen molar-refractivity contribution in [1.82, 2.24) is 20.2 Å². The number of nitrogens with zero attached hydrogens (tertiary/aromatic N) is 1. The maximum absolute atomic E-state index is 13.3. The summed E-state index contributed by atoms with van der Waals surface area (Å²) in [6, 6.07) is 5.11. The van der Waals surface area contributed by atoms with E-state index in [1.165, 1.54) is 6.07 Å². The Kier molecular flexibility index (Phi) is 10.4. The van der Waals surface area contributed by atoms with E-state index in [-0.39, 0.29) is 23.7 Å². The highest BCUT2D eigenvalue weighted by atomic mass is 17.2. The molecule has 4 aromatic rings. The summed E-state index contributed by atoms with van der Waals surface area (Å²) >= 11 is 0. The highest BCUT2D eigenvalue weighted by Crippen LogP contribution is 2.46. The average molecular weight is 685 g/mol. The lowest BCUT2D eigenvalue weighted by atomic mass is 9.79. The molecular formula is C34H44N4O11. The van der Waals surface area contributed by atoms with Crippen LogP contribution in [-0.2, 0) is 21.0 Å². The molecule has 2 aliphatic rings. The number of aromatic nitrogens is 2. The quantitative estimate of drug-likeness (QED) is 0.0627. The number of ether oxygens (including phenoxy) is 1. The summed E-state index contributed by atoms with van der Waals surface area (Å²) in [4.78, 5) is 40.1. The first kappa shape index (κ1) is 35.0. The fraction of sp³-hybridized carbons (Fsp3) is 0.529. The van der Waals surface area contributed by atoms with Crippen molar-refractivity contribution in [2.45, 2.75) is 75.1 Å². The number of aliphatic hydroxyl groups is 5. The topological polar surface area (TPSA) is 221 Å². The zero-order valence-electron chi connectivity index (χ0n) is 27.4. The fourth-order valence-corrected chi connectivity index (χ4v) is 6.83. The van der Waals surface area contributed by atoms with Crippen LogP contribution in [0.25, 0.3) is 27.6 Å². The van der Waals surface area contributed by atoms with Crippen LogP contribution in [0.3, 0.4) is 0 Å². The molecule has 7 atom stereocenters. The van der Waals surface area contributed by atoms with Crippen LogP contribution in [-0.4, -0.2) is 110 Å². The smallest absolute Gasteiger partial charge is 0.220 e. The maximum Gasteiger partial charge on any atom is 0.220 e. The van der Waals surface area contributed by atoms with Gasteiger partial charge in [-0.3, -0.25) is 9.59 Å². The molecule has 3 aromatic heterocycles. The molecule has 1 amide bonds. The summed E-state index contributed by atoms with van der Waals surface area (Å²) in [5, 5.41) is 57.1. The predicted molar refractivity (Wildman–Crippen MR) is 176 cm³/mol. The van der Waals surface area contributed by atoms with Crippen molar-refractivity contribution in [3.63, 3.8) is 0 Å². The van der Waals surface area contributed by atoms with E-state index >= 15 is 0 Å². The minimum atomic E-state index is -1.83. The third-order valence-corrected chi connectivity index (χ3v) is 9.65. The van der Waals surface area contributed by atoms with Crippen LogP contribution in [0, 0.1) is 12.8 Å². The summed E-state index contributed by atoms with van der Waals surface area (Å²) in [5.41, 5.74) is 1.19. The number of aliphatic hydroxyl groups excluding tert-OH is 5. The molecule has 7 unspecified atom stereocenters. The lowest BCUT2D eigenvalue weighted by Gasteiger charge is -2.45. The summed E-state index contributed by atoms with van der Waals surface area (Å²) in [6.07, 6.45) is 0.0153. The molecule has 0 saturated carbocycles. The number of hydrogen-bond donors (Lipinski definition) is 8. The number of fused-ring (bicyclic) bond motifs is 3. The predicted octanol–water partition coefficient (Wildman–Crippen LogP) is 0.326.